The second kappa shape index (κ2) is 6.21. The number of rotatable bonds is 5. The molecule has 0 amide bonds. The molecule has 1 heterocycles. The van der Waals surface area contributed by atoms with Gasteiger partial charge in [-0.15, -0.1) is 10.2 Å². The molecule has 0 bridgehead atoms. The summed E-state index contributed by atoms with van der Waals surface area (Å²) in [6.07, 6.45) is 0.943. The van der Waals surface area contributed by atoms with Crippen molar-refractivity contribution in [3.05, 3.63) is 34.6 Å². The van der Waals surface area contributed by atoms with Crippen molar-refractivity contribution in [3.63, 3.8) is 0 Å². The maximum Gasteiger partial charge on any atom is 0.150 e. The Morgan fingerprint density at radius 2 is 2.11 bits per heavy atom. The average Bonchev–Trinajstić information content (AvgIpc) is 2.88. The number of aryl methyl sites for hydroxylation is 1. The summed E-state index contributed by atoms with van der Waals surface area (Å²) >= 11 is 1.46. The van der Waals surface area contributed by atoms with E-state index in [1.807, 2.05) is 13.0 Å². The van der Waals surface area contributed by atoms with Crippen LogP contribution < -0.4 is 5.32 Å². The number of benzene rings is 1. The predicted molar refractivity (Wildman–Crippen MR) is 76.7 cm³/mol. The largest absolute Gasteiger partial charge is 0.308 e. The van der Waals surface area contributed by atoms with Crippen LogP contribution in [0.2, 0.25) is 0 Å². The predicted octanol–water partition coefficient (Wildman–Crippen LogP) is 3.71. The molecule has 19 heavy (non-hydrogen) atoms. The molecule has 1 aromatic heterocycles. The summed E-state index contributed by atoms with van der Waals surface area (Å²) in [5, 5.41) is 13.2. The molecule has 0 fully saturated rings. The van der Waals surface area contributed by atoms with Gasteiger partial charge in [0.15, 0.2) is 5.01 Å². The number of hydrogen-bond donors (Lipinski definition) is 1. The fourth-order valence-corrected chi connectivity index (χ4v) is 2.96. The number of halogens is 1. The molecule has 0 radical (unpaired) electrons. The summed E-state index contributed by atoms with van der Waals surface area (Å²) in [7, 11) is 0. The number of nitrogens with one attached hydrogen (secondary N) is 1. The van der Waals surface area contributed by atoms with E-state index < -0.39 is 0 Å². The summed E-state index contributed by atoms with van der Waals surface area (Å²) in [6, 6.07) is 5.25. The molecule has 3 nitrogen and oxygen atoms in total. The van der Waals surface area contributed by atoms with Gasteiger partial charge in [0.05, 0.1) is 6.04 Å². The van der Waals surface area contributed by atoms with Crippen LogP contribution in [0.4, 0.5) is 4.39 Å². The van der Waals surface area contributed by atoms with Crippen molar-refractivity contribution in [3.8, 4) is 10.6 Å². The molecule has 0 aliphatic carbocycles. The lowest BCUT2D eigenvalue weighted by atomic mass is 10.1. The molecule has 2 aromatic rings. The first-order valence-electron chi connectivity index (χ1n) is 6.49. The second-order valence-electron chi connectivity index (χ2n) is 4.45. The van der Waals surface area contributed by atoms with E-state index in [4.69, 9.17) is 0 Å². The van der Waals surface area contributed by atoms with Gasteiger partial charge in [-0.3, -0.25) is 0 Å². The molecule has 1 unspecified atom stereocenters. The minimum atomic E-state index is -0.246. The van der Waals surface area contributed by atoms with Gasteiger partial charge in [-0.05, 0) is 32.0 Å². The first-order chi connectivity index (χ1) is 9.15. The van der Waals surface area contributed by atoms with Crippen LogP contribution in [0.3, 0.4) is 0 Å². The molecule has 0 aliphatic heterocycles. The fraction of sp³-hybridized carbons (Fsp3) is 0.429. The van der Waals surface area contributed by atoms with Gasteiger partial charge in [-0.1, -0.05) is 36.8 Å². The van der Waals surface area contributed by atoms with Gasteiger partial charge in [0.2, 0.25) is 0 Å². The molecular formula is C14H18FN3S. The second-order valence-corrected chi connectivity index (χ2v) is 5.46. The van der Waals surface area contributed by atoms with E-state index in [1.165, 1.54) is 17.4 Å². The first kappa shape index (κ1) is 14.1. The van der Waals surface area contributed by atoms with E-state index in [2.05, 4.69) is 29.4 Å². The number of nitrogens with zero attached hydrogens (tertiary/aromatic N) is 2. The zero-order valence-corrected chi connectivity index (χ0v) is 12.2. The molecule has 2 rings (SSSR count). The van der Waals surface area contributed by atoms with E-state index in [0.29, 0.717) is 10.6 Å². The lowest BCUT2D eigenvalue weighted by Crippen LogP contribution is -2.19. The fourth-order valence-electron chi connectivity index (χ4n) is 1.94. The Hall–Kier alpha value is -1.33. The summed E-state index contributed by atoms with van der Waals surface area (Å²) in [4.78, 5) is 0. The molecule has 5 heteroatoms. The number of aromatic nitrogens is 2. The van der Waals surface area contributed by atoms with Crippen LogP contribution in [-0.2, 0) is 0 Å². The minimum Gasteiger partial charge on any atom is -0.308 e. The zero-order chi connectivity index (χ0) is 13.8. The Balaban J connectivity index is 2.32. The van der Waals surface area contributed by atoms with Crippen LogP contribution >= 0.6 is 11.3 Å². The van der Waals surface area contributed by atoms with Crippen LogP contribution in [0.15, 0.2) is 18.2 Å². The summed E-state index contributed by atoms with van der Waals surface area (Å²) in [5.41, 5.74) is 1.56. The maximum absolute atomic E-state index is 13.8. The Bertz CT molecular complexity index is 553. The highest BCUT2D eigenvalue weighted by atomic mass is 32.1. The van der Waals surface area contributed by atoms with Crippen LogP contribution in [0.1, 0.15) is 36.9 Å². The van der Waals surface area contributed by atoms with Crippen molar-refractivity contribution in [2.24, 2.45) is 0 Å². The van der Waals surface area contributed by atoms with Gasteiger partial charge in [0, 0.05) is 5.56 Å². The third-order valence-corrected chi connectivity index (χ3v) is 4.02. The van der Waals surface area contributed by atoms with Crippen LogP contribution in [0, 0.1) is 12.7 Å². The van der Waals surface area contributed by atoms with E-state index >= 15 is 0 Å². The van der Waals surface area contributed by atoms with Crippen molar-refractivity contribution in [2.75, 3.05) is 6.54 Å². The van der Waals surface area contributed by atoms with Gasteiger partial charge in [-0.25, -0.2) is 4.39 Å². The monoisotopic (exact) mass is 279 g/mol. The standard InChI is InChI=1S/C14H18FN3S/c1-4-12(16-5-2)14-18-17-13(19-14)10-8-9(3)6-7-11(10)15/h6-8,12,16H,4-5H2,1-3H3. The molecule has 0 aliphatic rings. The van der Waals surface area contributed by atoms with E-state index in [1.54, 1.807) is 6.07 Å². The van der Waals surface area contributed by atoms with Crippen molar-refractivity contribution in [1.29, 1.82) is 0 Å². The normalized spacial score (nSPS) is 12.6. The van der Waals surface area contributed by atoms with Crippen LogP contribution in [0.5, 0.6) is 0 Å². The molecular weight excluding hydrogens is 261 g/mol. The highest BCUT2D eigenvalue weighted by Gasteiger charge is 2.16. The highest BCUT2D eigenvalue weighted by molar-refractivity contribution is 7.14. The van der Waals surface area contributed by atoms with Gasteiger partial charge in [-0.2, -0.15) is 0 Å². The molecule has 1 N–H and O–H groups in total. The zero-order valence-electron chi connectivity index (χ0n) is 11.4. The Morgan fingerprint density at radius 1 is 1.32 bits per heavy atom. The van der Waals surface area contributed by atoms with Gasteiger partial charge in [0.25, 0.3) is 0 Å². The smallest absolute Gasteiger partial charge is 0.150 e. The van der Waals surface area contributed by atoms with Gasteiger partial charge >= 0.3 is 0 Å². The van der Waals surface area contributed by atoms with Gasteiger partial charge < -0.3 is 5.32 Å². The van der Waals surface area contributed by atoms with E-state index in [9.17, 15) is 4.39 Å². The molecule has 0 saturated carbocycles. The molecule has 0 spiro atoms. The van der Waals surface area contributed by atoms with Crippen molar-refractivity contribution >= 4 is 11.3 Å². The summed E-state index contributed by atoms with van der Waals surface area (Å²) < 4.78 is 13.8. The Labute approximate surface area is 116 Å². The quantitative estimate of drug-likeness (QED) is 0.906. The lowest BCUT2D eigenvalue weighted by molar-refractivity contribution is 0.531. The average molecular weight is 279 g/mol. The Morgan fingerprint density at radius 3 is 2.79 bits per heavy atom. The van der Waals surface area contributed by atoms with E-state index in [-0.39, 0.29) is 11.9 Å². The maximum atomic E-state index is 13.8. The molecule has 1 atom stereocenters. The minimum absolute atomic E-state index is 0.198. The van der Waals surface area contributed by atoms with E-state index in [0.717, 1.165) is 23.5 Å². The first-order valence-corrected chi connectivity index (χ1v) is 7.30. The molecule has 0 saturated heterocycles. The van der Waals surface area contributed by atoms with Crippen molar-refractivity contribution in [1.82, 2.24) is 15.5 Å². The summed E-state index contributed by atoms with van der Waals surface area (Å²) in [5.74, 6) is -0.246. The van der Waals surface area contributed by atoms with Crippen LogP contribution in [-0.4, -0.2) is 16.7 Å². The SMILES string of the molecule is CCNC(CC)c1nnc(-c2cc(C)ccc2F)s1. The summed E-state index contributed by atoms with van der Waals surface area (Å²) in [6.45, 7) is 6.98. The molecule has 1 aromatic carbocycles. The molecule has 102 valence electrons. The topological polar surface area (TPSA) is 37.8 Å². The van der Waals surface area contributed by atoms with Crippen molar-refractivity contribution < 1.29 is 4.39 Å². The third-order valence-electron chi connectivity index (χ3n) is 2.95. The third kappa shape index (κ3) is 3.16. The number of hydrogen-bond acceptors (Lipinski definition) is 4. The van der Waals surface area contributed by atoms with Crippen LogP contribution in [0.25, 0.3) is 10.6 Å². The lowest BCUT2D eigenvalue weighted by Gasteiger charge is -2.11. The Kier molecular flexibility index (Phi) is 4.61. The highest BCUT2D eigenvalue weighted by Crippen LogP contribution is 2.30. The van der Waals surface area contributed by atoms with Gasteiger partial charge in [0.1, 0.15) is 10.8 Å². The van der Waals surface area contributed by atoms with Crippen molar-refractivity contribution in [2.45, 2.75) is 33.2 Å².